The van der Waals surface area contributed by atoms with Crippen LogP contribution in [0.25, 0.3) is 0 Å². The number of amides is 2. The van der Waals surface area contributed by atoms with Gasteiger partial charge in [0.15, 0.2) is 0 Å². The Balaban J connectivity index is 1.73. The standard InChI is InChI=1S/C17H19FN4O2/c1-10-7-13(21-20-10)8-15(23)19-14-9-16(24)22(2)17(14)11-3-5-12(18)6-4-11/h3-7,14,17H,8-9H2,1-2H3,(H,19,23)(H,20,21)/t14-,17-/m0/s1. The molecule has 0 radical (unpaired) electrons. The van der Waals surface area contributed by atoms with E-state index in [1.165, 1.54) is 12.1 Å². The van der Waals surface area contributed by atoms with Crippen LogP contribution in [0.1, 0.15) is 29.4 Å². The number of halogens is 1. The highest BCUT2D eigenvalue weighted by Crippen LogP contribution is 2.32. The molecule has 1 aliphatic heterocycles. The molecular formula is C17H19FN4O2. The van der Waals surface area contributed by atoms with Crippen LogP contribution in [0.15, 0.2) is 30.3 Å². The Morgan fingerprint density at radius 2 is 2.12 bits per heavy atom. The first-order chi connectivity index (χ1) is 11.4. The van der Waals surface area contributed by atoms with Crippen molar-refractivity contribution in [2.75, 3.05) is 7.05 Å². The molecule has 3 rings (SSSR count). The van der Waals surface area contributed by atoms with Crippen molar-refractivity contribution in [3.05, 3.63) is 53.1 Å². The molecule has 1 saturated heterocycles. The number of aromatic amines is 1. The van der Waals surface area contributed by atoms with E-state index in [1.54, 1.807) is 24.1 Å². The second-order valence-electron chi connectivity index (χ2n) is 6.10. The molecule has 1 aromatic carbocycles. The SMILES string of the molecule is Cc1cc(CC(=O)N[C@H]2CC(=O)N(C)[C@H]2c2ccc(F)cc2)n[nH]1. The summed E-state index contributed by atoms with van der Waals surface area (Å²) in [6, 6.07) is 7.16. The molecule has 2 heterocycles. The van der Waals surface area contributed by atoms with E-state index in [0.29, 0.717) is 5.69 Å². The highest BCUT2D eigenvalue weighted by atomic mass is 19.1. The van der Waals surface area contributed by atoms with E-state index in [4.69, 9.17) is 0 Å². The Labute approximate surface area is 139 Å². The van der Waals surface area contributed by atoms with Crippen LogP contribution in [-0.4, -0.2) is 40.0 Å². The van der Waals surface area contributed by atoms with E-state index in [-0.39, 0.29) is 42.6 Å². The van der Waals surface area contributed by atoms with Crippen molar-refractivity contribution in [2.45, 2.75) is 31.8 Å². The minimum absolute atomic E-state index is 0.0507. The average Bonchev–Trinajstić information content (AvgIpc) is 3.04. The fourth-order valence-corrected chi connectivity index (χ4v) is 3.10. The predicted molar refractivity (Wildman–Crippen MR) is 85.5 cm³/mol. The number of benzene rings is 1. The number of likely N-dealkylation sites (N-methyl/N-ethyl adjacent to an activating group) is 1. The van der Waals surface area contributed by atoms with Gasteiger partial charge in [-0.05, 0) is 30.7 Å². The summed E-state index contributed by atoms with van der Waals surface area (Å²) in [5.74, 6) is -0.577. The third kappa shape index (κ3) is 3.29. The summed E-state index contributed by atoms with van der Waals surface area (Å²) in [7, 11) is 1.69. The topological polar surface area (TPSA) is 78.1 Å². The summed E-state index contributed by atoms with van der Waals surface area (Å²) < 4.78 is 13.1. The molecule has 1 fully saturated rings. The van der Waals surface area contributed by atoms with Gasteiger partial charge in [0.05, 0.1) is 24.2 Å². The summed E-state index contributed by atoms with van der Waals surface area (Å²) in [5.41, 5.74) is 2.34. The van der Waals surface area contributed by atoms with Gasteiger partial charge >= 0.3 is 0 Å². The quantitative estimate of drug-likeness (QED) is 0.891. The lowest BCUT2D eigenvalue weighted by Gasteiger charge is -2.26. The molecule has 1 aromatic heterocycles. The molecule has 2 amide bonds. The molecule has 6 nitrogen and oxygen atoms in total. The summed E-state index contributed by atoms with van der Waals surface area (Å²) in [6.45, 7) is 1.86. The second-order valence-corrected chi connectivity index (χ2v) is 6.10. The molecule has 7 heteroatoms. The summed E-state index contributed by atoms with van der Waals surface area (Å²) in [4.78, 5) is 25.9. The Kier molecular flexibility index (Phi) is 4.33. The third-order valence-corrected chi connectivity index (χ3v) is 4.24. The zero-order valence-corrected chi connectivity index (χ0v) is 13.5. The van der Waals surface area contributed by atoms with E-state index < -0.39 is 0 Å². The first-order valence-electron chi connectivity index (χ1n) is 7.75. The summed E-state index contributed by atoms with van der Waals surface area (Å²) in [6.07, 6.45) is 0.374. The van der Waals surface area contributed by atoms with E-state index >= 15 is 0 Å². The monoisotopic (exact) mass is 330 g/mol. The highest BCUT2D eigenvalue weighted by Gasteiger charge is 2.39. The zero-order chi connectivity index (χ0) is 17.3. The first kappa shape index (κ1) is 16.2. The average molecular weight is 330 g/mol. The third-order valence-electron chi connectivity index (χ3n) is 4.24. The Morgan fingerprint density at radius 3 is 2.75 bits per heavy atom. The van der Waals surface area contributed by atoms with Crippen molar-refractivity contribution in [2.24, 2.45) is 0 Å². The van der Waals surface area contributed by atoms with Crippen LogP contribution in [0.2, 0.25) is 0 Å². The van der Waals surface area contributed by atoms with Crippen molar-refractivity contribution >= 4 is 11.8 Å². The van der Waals surface area contributed by atoms with Crippen LogP contribution >= 0.6 is 0 Å². The Bertz CT molecular complexity index is 756. The largest absolute Gasteiger partial charge is 0.350 e. The zero-order valence-electron chi connectivity index (χ0n) is 13.5. The maximum absolute atomic E-state index is 13.1. The summed E-state index contributed by atoms with van der Waals surface area (Å²) in [5, 5.41) is 9.75. The van der Waals surface area contributed by atoms with Gasteiger partial charge in [0, 0.05) is 19.2 Å². The number of nitrogens with one attached hydrogen (secondary N) is 2. The molecule has 0 aliphatic carbocycles. The summed E-state index contributed by atoms with van der Waals surface area (Å²) >= 11 is 0. The lowest BCUT2D eigenvalue weighted by atomic mass is 10.00. The molecule has 2 aromatic rings. The van der Waals surface area contributed by atoms with E-state index in [9.17, 15) is 14.0 Å². The Hall–Kier alpha value is -2.70. The van der Waals surface area contributed by atoms with Gasteiger partial charge in [-0.25, -0.2) is 4.39 Å². The highest BCUT2D eigenvalue weighted by molar-refractivity contribution is 5.83. The number of likely N-dealkylation sites (tertiary alicyclic amines) is 1. The van der Waals surface area contributed by atoms with Gasteiger partial charge < -0.3 is 10.2 Å². The number of nitrogens with zero attached hydrogens (tertiary/aromatic N) is 2. The molecular weight excluding hydrogens is 311 g/mol. The minimum atomic E-state index is -0.347. The number of rotatable bonds is 4. The molecule has 24 heavy (non-hydrogen) atoms. The van der Waals surface area contributed by atoms with Gasteiger partial charge in [-0.15, -0.1) is 0 Å². The van der Waals surface area contributed by atoms with Gasteiger partial charge in [-0.3, -0.25) is 14.7 Å². The van der Waals surface area contributed by atoms with Crippen molar-refractivity contribution in [1.82, 2.24) is 20.4 Å². The molecule has 126 valence electrons. The first-order valence-corrected chi connectivity index (χ1v) is 7.75. The second kappa shape index (κ2) is 6.43. The fraction of sp³-hybridized carbons (Fsp3) is 0.353. The molecule has 0 unspecified atom stereocenters. The van der Waals surface area contributed by atoms with Gasteiger partial charge in [0.2, 0.25) is 11.8 Å². The van der Waals surface area contributed by atoms with Gasteiger partial charge in [-0.2, -0.15) is 5.10 Å². The lowest BCUT2D eigenvalue weighted by Crippen LogP contribution is -2.39. The van der Waals surface area contributed by atoms with Crippen LogP contribution in [0.4, 0.5) is 4.39 Å². The van der Waals surface area contributed by atoms with Crippen LogP contribution in [0.5, 0.6) is 0 Å². The maximum atomic E-state index is 13.1. The van der Waals surface area contributed by atoms with Gasteiger partial charge in [0.1, 0.15) is 5.82 Å². The number of H-pyrrole nitrogens is 1. The molecule has 2 N–H and O–H groups in total. The number of hydrogen-bond donors (Lipinski definition) is 2. The van der Waals surface area contributed by atoms with E-state index in [1.807, 2.05) is 13.0 Å². The molecule has 2 atom stereocenters. The maximum Gasteiger partial charge on any atom is 0.226 e. The Morgan fingerprint density at radius 1 is 1.42 bits per heavy atom. The predicted octanol–water partition coefficient (Wildman–Crippen LogP) is 1.49. The van der Waals surface area contributed by atoms with Crippen LogP contribution in [0, 0.1) is 12.7 Å². The molecule has 1 aliphatic rings. The number of aryl methyl sites for hydroxylation is 1. The minimum Gasteiger partial charge on any atom is -0.350 e. The lowest BCUT2D eigenvalue weighted by molar-refractivity contribution is -0.127. The molecule has 0 saturated carbocycles. The smallest absolute Gasteiger partial charge is 0.226 e. The van der Waals surface area contributed by atoms with Gasteiger partial charge in [-0.1, -0.05) is 12.1 Å². The van der Waals surface area contributed by atoms with Crippen LogP contribution in [-0.2, 0) is 16.0 Å². The van der Waals surface area contributed by atoms with Crippen molar-refractivity contribution < 1.29 is 14.0 Å². The number of carbonyl (C=O) groups excluding carboxylic acids is 2. The number of hydrogen-bond acceptors (Lipinski definition) is 3. The van der Waals surface area contributed by atoms with Crippen LogP contribution in [0.3, 0.4) is 0 Å². The van der Waals surface area contributed by atoms with Crippen LogP contribution < -0.4 is 5.32 Å². The van der Waals surface area contributed by atoms with E-state index in [0.717, 1.165) is 11.3 Å². The normalized spacial score (nSPS) is 20.5. The number of aromatic nitrogens is 2. The fourth-order valence-electron chi connectivity index (χ4n) is 3.10. The van der Waals surface area contributed by atoms with Crippen molar-refractivity contribution in [3.63, 3.8) is 0 Å². The molecule has 0 bridgehead atoms. The van der Waals surface area contributed by atoms with Crippen molar-refractivity contribution in [3.8, 4) is 0 Å². The van der Waals surface area contributed by atoms with E-state index in [2.05, 4.69) is 15.5 Å². The van der Waals surface area contributed by atoms with Crippen molar-refractivity contribution in [1.29, 1.82) is 0 Å². The van der Waals surface area contributed by atoms with Gasteiger partial charge in [0.25, 0.3) is 0 Å². The number of carbonyl (C=O) groups is 2. The molecule has 0 spiro atoms.